The number of allylic oxidation sites excluding steroid dienone is 2. The van der Waals surface area contributed by atoms with E-state index in [1.807, 2.05) is 12.1 Å². The molecule has 0 amide bonds. The number of pyridine rings is 1. The maximum atomic E-state index is 13.5. The van der Waals surface area contributed by atoms with Crippen LogP contribution in [0.3, 0.4) is 0 Å². The van der Waals surface area contributed by atoms with Crippen LogP contribution in [0.5, 0.6) is 0 Å². The summed E-state index contributed by atoms with van der Waals surface area (Å²) in [4.78, 5) is 18.1. The normalized spacial score (nSPS) is 22.2. The largest absolute Gasteiger partial charge is 0.343 e. The second-order valence-corrected chi connectivity index (χ2v) is 8.99. The van der Waals surface area contributed by atoms with E-state index in [-0.39, 0.29) is 11.2 Å². The lowest BCUT2D eigenvalue weighted by molar-refractivity contribution is -0.118. The molecule has 29 heavy (non-hydrogen) atoms. The van der Waals surface area contributed by atoms with Gasteiger partial charge in [0.25, 0.3) is 0 Å². The Kier molecular flexibility index (Phi) is 4.24. The Balaban J connectivity index is 2.14. The van der Waals surface area contributed by atoms with Gasteiger partial charge in [0.05, 0.1) is 11.0 Å². The minimum Gasteiger partial charge on any atom is -0.343 e. The number of rotatable bonds is 2. The zero-order valence-electron chi connectivity index (χ0n) is 17.4. The fourth-order valence-electron chi connectivity index (χ4n) is 5.06. The highest BCUT2D eigenvalue weighted by atomic mass is 16.1. The molecule has 2 aromatic rings. The quantitative estimate of drug-likeness (QED) is 0.766. The number of hydrogen-bond donors (Lipinski definition) is 1. The van der Waals surface area contributed by atoms with Gasteiger partial charge in [0.1, 0.15) is 11.9 Å². The Morgan fingerprint density at radius 2 is 1.97 bits per heavy atom. The summed E-state index contributed by atoms with van der Waals surface area (Å²) in [5, 5.41) is 13.5. The summed E-state index contributed by atoms with van der Waals surface area (Å²) in [6.07, 6.45) is 4.58. The van der Waals surface area contributed by atoms with Crippen molar-refractivity contribution in [3.05, 3.63) is 76.1 Å². The highest BCUT2D eigenvalue weighted by Gasteiger charge is 2.49. The third-order valence-electron chi connectivity index (χ3n) is 6.27. The molecule has 1 atom stereocenters. The van der Waals surface area contributed by atoms with Crippen molar-refractivity contribution in [1.29, 1.82) is 5.26 Å². The lowest BCUT2D eigenvalue weighted by Gasteiger charge is -2.45. The Morgan fingerprint density at radius 3 is 2.62 bits per heavy atom. The average Bonchev–Trinajstić information content (AvgIpc) is 2.65. The molecule has 0 saturated heterocycles. The summed E-state index contributed by atoms with van der Waals surface area (Å²) in [5.74, 6) is 0.787. The van der Waals surface area contributed by atoms with E-state index in [1.165, 1.54) is 0 Å². The monoisotopic (exact) mass is 383 g/mol. The number of Topliss-reactive ketones (excluding diaryl/α,β-unsaturated/α-hetero) is 1. The number of carbonyl (C=O) groups excluding carboxylic acids is 1. The first kappa shape index (κ1) is 19.1. The van der Waals surface area contributed by atoms with Gasteiger partial charge in [0.15, 0.2) is 5.78 Å². The molecule has 0 bridgehead atoms. The molecule has 4 rings (SSSR count). The van der Waals surface area contributed by atoms with E-state index < -0.39 is 5.41 Å². The zero-order chi connectivity index (χ0) is 21.0. The molecular weight excluding hydrogens is 358 g/mol. The molecule has 1 aliphatic carbocycles. The lowest BCUT2D eigenvalue weighted by atomic mass is 9.60. The smallest absolute Gasteiger partial charge is 0.162 e. The van der Waals surface area contributed by atoms with Gasteiger partial charge in [-0.25, -0.2) is 4.98 Å². The second kappa shape index (κ2) is 6.42. The van der Waals surface area contributed by atoms with Crippen LogP contribution in [0.15, 0.2) is 48.3 Å². The van der Waals surface area contributed by atoms with Crippen LogP contribution >= 0.6 is 0 Å². The van der Waals surface area contributed by atoms with Crippen LogP contribution in [0.1, 0.15) is 61.4 Å². The molecule has 146 valence electrons. The Bertz CT molecular complexity index is 1130. The minimum absolute atomic E-state index is 0.119. The van der Waals surface area contributed by atoms with Crippen molar-refractivity contribution in [2.75, 3.05) is 5.32 Å². The van der Waals surface area contributed by atoms with Crippen LogP contribution in [-0.2, 0) is 10.2 Å². The molecule has 1 aromatic heterocycles. The molecule has 4 heteroatoms. The van der Waals surface area contributed by atoms with Crippen molar-refractivity contribution >= 4 is 17.7 Å². The number of nitrogens with zero attached hydrogens (tertiary/aromatic N) is 2. The topological polar surface area (TPSA) is 65.8 Å². The van der Waals surface area contributed by atoms with Crippen molar-refractivity contribution in [3.63, 3.8) is 0 Å². The number of benzene rings is 1. The predicted molar refractivity (Wildman–Crippen MR) is 115 cm³/mol. The molecule has 0 saturated carbocycles. The summed E-state index contributed by atoms with van der Waals surface area (Å²) in [6, 6.07) is 10.5. The molecule has 0 fully saturated rings. The molecule has 4 nitrogen and oxygen atoms in total. The molecule has 0 radical (unpaired) electrons. The number of nitrogens with one attached hydrogen (secondary N) is 1. The van der Waals surface area contributed by atoms with Gasteiger partial charge in [0, 0.05) is 35.0 Å². The lowest BCUT2D eigenvalue weighted by Crippen LogP contribution is -2.43. The Hall–Kier alpha value is -3.19. The van der Waals surface area contributed by atoms with Crippen molar-refractivity contribution in [2.24, 2.45) is 5.41 Å². The second-order valence-electron chi connectivity index (χ2n) is 8.99. The summed E-state index contributed by atoms with van der Waals surface area (Å²) in [7, 11) is 0. The number of fused-ring (bicyclic) bond motifs is 1. The number of ketones is 1. The van der Waals surface area contributed by atoms with E-state index in [4.69, 9.17) is 0 Å². The Morgan fingerprint density at radius 1 is 1.24 bits per heavy atom. The first-order valence-electron chi connectivity index (χ1n) is 9.89. The number of aromatic nitrogens is 1. The molecule has 1 aromatic carbocycles. The minimum atomic E-state index is -0.758. The molecular formula is C25H25N3O. The molecule has 1 unspecified atom stereocenters. The van der Waals surface area contributed by atoms with Gasteiger partial charge in [-0.2, -0.15) is 5.26 Å². The van der Waals surface area contributed by atoms with Crippen LogP contribution in [0, 0.1) is 23.7 Å². The molecule has 1 aliphatic heterocycles. The molecule has 2 aliphatic rings. The fraction of sp³-hybridized carbons (Fsp3) is 0.320. The van der Waals surface area contributed by atoms with Crippen LogP contribution in [-0.4, -0.2) is 10.8 Å². The van der Waals surface area contributed by atoms with Crippen LogP contribution in [0.2, 0.25) is 0 Å². The summed E-state index contributed by atoms with van der Waals surface area (Å²) >= 11 is 0. The standard InChI is InChI=1S/C25H25N3O/c1-6-16-14-27-23-21(17(16)13-26)25(5,18-10-8-7-9-15(18)2)22-19(28-23)11-24(3,4)12-20(22)29/h6-10,14H,1,11-12H2,2-5H3,(H,27,28). The van der Waals surface area contributed by atoms with E-state index in [0.717, 1.165) is 34.4 Å². The van der Waals surface area contributed by atoms with Gasteiger partial charge in [-0.3, -0.25) is 4.79 Å². The van der Waals surface area contributed by atoms with Crippen molar-refractivity contribution < 1.29 is 4.79 Å². The highest BCUT2D eigenvalue weighted by Crippen LogP contribution is 2.53. The van der Waals surface area contributed by atoms with E-state index in [0.29, 0.717) is 23.4 Å². The van der Waals surface area contributed by atoms with Crippen LogP contribution < -0.4 is 5.32 Å². The van der Waals surface area contributed by atoms with Gasteiger partial charge in [-0.15, -0.1) is 0 Å². The van der Waals surface area contributed by atoms with Crippen LogP contribution in [0.25, 0.3) is 6.08 Å². The predicted octanol–water partition coefficient (Wildman–Crippen LogP) is 5.28. The van der Waals surface area contributed by atoms with Crippen molar-refractivity contribution in [2.45, 2.75) is 46.0 Å². The number of nitriles is 1. The Labute approximate surface area is 172 Å². The molecule has 1 N–H and O–H groups in total. The maximum Gasteiger partial charge on any atom is 0.162 e. The van der Waals surface area contributed by atoms with Crippen molar-refractivity contribution in [3.8, 4) is 6.07 Å². The SMILES string of the molecule is C=Cc1cnc2c(c1C#N)C(C)(c1ccccc1C)C1=C(CC(C)(C)CC1=O)N2. The maximum absolute atomic E-state index is 13.5. The first-order chi connectivity index (χ1) is 13.7. The van der Waals surface area contributed by atoms with E-state index >= 15 is 0 Å². The van der Waals surface area contributed by atoms with Gasteiger partial charge >= 0.3 is 0 Å². The fourth-order valence-corrected chi connectivity index (χ4v) is 5.06. The van der Waals surface area contributed by atoms with Crippen molar-refractivity contribution in [1.82, 2.24) is 4.98 Å². The van der Waals surface area contributed by atoms with E-state index in [9.17, 15) is 10.1 Å². The van der Waals surface area contributed by atoms with E-state index in [1.54, 1.807) is 12.3 Å². The number of aryl methyl sites for hydroxylation is 1. The third-order valence-corrected chi connectivity index (χ3v) is 6.27. The van der Waals surface area contributed by atoms with Gasteiger partial charge in [0.2, 0.25) is 0 Å². The van der Waals surface area contributed by atoms with Gasteiger partial charge in [-0.1, -0.05) is 50.8 Å². The number of anilines is 1. The summed E-state index contributed by atoms with van der Waals surface area (Å²) in [6.45, 7) is 12.2. The van der Waals surface area contributed by atoms with Gasteiger partial charge in [-0.05, 0) is 36.8 Å². The number of carbonyl (C=O) groups is 1. The third kappa shape index (κ3) is 2.73. The first-order valence-corrected chi connectivity index (χ1v) is 9.89. The zero-order valence-corrected chi connectivity index (χ0v) is 17.4. The summed E-state index contributed by atoms with van der Waals surface area (Å²) in [5.41, 5.74) is 4.89. The summed E-state index contributed by atoms with van der Waals surface area (Å²) < 4.78 is 0. The molecule has 2 heterocycles. The molecule has 0 spiro atoms. The van der Waals surface area contributed by atoms with Gasteiger partial charge < -0.3 is 5.32 Å². The average molecular weight is 383 g/mol. The highest BCUT2D eigenvalue weighted by molar-refractivity contribution is 6.03. The van der Waals surface area contributed by atoms with E-state index in [2.05, 4.69) is 62.8 Å². The van der Waals surface area contributed by atoms with Crippen LogP contribution in [0.4, 0.5) is 5.82 Å². The number of hydrogen-bond acceptors (Lipinski definition) is 4.